The number of hydrogen-bond donors (Lipinski definition) is 3. The van der Waals surface area contributed by atoms with E-state index in [1.165, 1.54) is 33.0 Å². The molecule has 43 heavy (non-hydrogen) atoms. The van der Waals surface area contributed by atoms with Gasteiger partial charge in [-0.25, -0.2) is 13.6 Å². The van der Waals surface area contributed by atoms with Gasteiger partial charge in [0.1, 0.15) is 29.3 Å². The van der Waals surface area contributed by atoms with E-state index in [0.29, 0.717) is 12.1 Å². The van der Waals surface area contributed by atoms with Crippen molar-refractivity contribution < 1.29 is 49.8 Å². The number of aliphatic carboxylic acids is 1. The van der Waals surface area contributed by atoms with Crippen LogP contribution in [-0.2, 0) is 24.4 Å². The molecule has 3 rings (SSSR count). The first-order valence-electron chi connectivity index (χ1n) is 12.6. The lowest BCUT2D eigenvalue weighted by atomic mass is 9.97. The number of amides is 1. The number of carbonyl (C=O) groups is 2. The second kappa shape index (κ2) is 12.4. The van der Waals surface area contributed by atoms with Crippen LogP contribution >= 0.6 is 0 Å². The Morgan fingerprint density at radius 3 is 2.00 bits per heavy atom. The van der Waals surface area contributed by atoms with E-state index in [2.05, 4.69) is 0 Å². The Kier molecular flexibility index (Phi) is 9.56. The first-order valence-corrected chi connectivity index (χ1v) is 12.6. The standard InChI is InChI=1S/C28H25F8N3O4/c1-4-21(28(34,35)36)37-16-11-18(29)23(19(30)12-16)24(40)38-20(26(42)43)10-14-5-7-15(8-6-14)22-17(27(31,32)33)9-13(2)39(3)25(22)41/h5-9,11-12,20-21,37H,4,10H2,1-3H3,(H,38,40)(H,42,43). The van der Waals surface area contributed by atoms with Gasteiger partial charge in [-0.1, -0.05) is 31.2 Å². The molecular formula is C28H25F8N3O4. The fourth-order valence-electron chi connectivity index (χ4n) is 4.29. The number of nitrogens with one attached hydrogen (secondary N) is 2. The van der Waals surface area contributed by atoms with Gasteiger partial charge in [0.25, 0.3) is 11.5 Å². The summed E-state index contributed by atoms with van der Waals surface area (Å²) in [5.74, 6) is -6.23. The Bertz CT molecular complexity index is 1560. The molecule has 1 amide bonds. The number of aryl methyl sites for hydroxylation is 1. The van der Waals surface area contributed by atoms with E-state index in [9.17, 15) is 54.6 Å². The lowest BCUT2D eigenvalue weighted by Gasteiger charge is -2.22. The van der Waals surface area contributed by atoms with Gasteiger partial charge in [-0.15, -0.1) is 0 Å². The van der Waals surface area contributed by atoms with Gasteiger partial charge in [-0.2, -0.15) is 26.3 Å². The maximum Gasteiger partial charge on any atom is 0.417 e. The first-order chi connectivity index (χ1) is 19.8. The minimum absolute atomic E-state index is 0.0722. The topological polar surface area (TPSA) is 100 Å². The summed E-state index contributed by atoms with van der Waals surface area (Å²) in [5, 5.41) is 13.4. The number of carboxylic acid groups (broad SMARTS) is 1. The fraction of sp³-hybridized carbons (Fsp3) is 0.321. The Labute approximate surface area is 239 Å². The molecule has 2 unspecified atom stereocenters. The van der Waals surface area contributed by atoms with Crippen LogP contribution in [0.1, 0.15) is 40.5 Å². The van der Waals surface area contributed by atoms with Crippen molar-refractivity contribution in [3.05, 3.63) is 86.8 Å². The highest BCUT2D eigenvalue weighted by molar-refractivity contribution is 5.97. The molecule has 0 radical (unpaired) electrons. The molecule has 0 aliphatic rings. The largest absolute Gasteiger partial charge is 0.480 e. The molecule has 0 spiro atoms. The number of hydrogen-bond acceptors (Lipinski definition) is 4. The van der Waals surface area contributed by atoms with Crippen LogP contribution in [0.15, 0.2) is 47.3 Å². The molecule has 1 aromatic heterocycles. The van der Waals surface area contributed by atoms with Gasteiger partial charge in [0.15, 0.2) is 0 Å². The van der Waals surface area contributed by atoms with E-state index < -0.39 is 88.7 Å². The number of halogens is 8. The molecule has 0 fully saturated rings. The number of carboxylic acids is 1. The van der Waals surface area contributed by atoms with E-state index in [1.807, 2.05) is 10.6 Å². The molecule has 0 saturated carbocycles. The van der Waals surface area contributed by atoms with Crippen LogP contribution < -0.4 is 16.2 Å². The van der Waals surface area contributed by atoms with Crippen molar-refractivity contribution in [1.29, 1.82) is 0 Å². The average molecular weight is 620 g/mol. The highest BCUT2D eigenvalue weighted by Crippen LogP contribution is 2.36. The van der Waals surface area contributed by atoms with E-state index in [-0.39, 0.29) is 16.8 Å². The molecule has 232 valence electrons. The van der Waals surface area contributed by atoms with Gasteiger partial charge in [0.2, 0.25) is 0 Å². The third kappa shape index (κ3) is 7.51. The minimum Gasteiger partial charge on any atom is -0.480 e. The SMILES string of the molecule is CCC(Nc1cc(F)c(C(=O)NC(Cc2ccc(-c3c(C(F)(F)F)cc(C)n(C)c3=O)cc2)C(=O)O)c(F)c1)C(F)(F)F. The van der Waals surface area contributed by atoms with Crippen LogP contribution in [0.4, 0.5) is 40.8 Å². The zero-order chi connectivity index (χ0) is 32.4. The summed E-state index contributed by atoms with van der Waals surface area (Å²) in [6.45, 7) is 2.53. The summed E-state index contributed by atoms with van der Waals surface area (Å²) in [6, 6.07) is 2.62. The van der Waals surface area contributed by atoms with E-state index in [0.717, 1.165) is 22.8 Å². The number of alkyl halides is 6. The average Bonchev–Trinajstić information content (AvgIpc) is 2.88. The van der Waals surface area contributed by atoms with Gasteiger partial charge < -0.3 is 20.3 Å². The molecule has 15 heteroatoms. The molecular weight excluding hydrogens is 594 g/mol. The zero-order valence-electron chi connectivity index (χ0n) is 22.8. The Balaban J connectivity index is 1.85. The highest BCUT2D eigenvalue weighted by Gasteiger charge is 2.39. The summed E-state index contributed by atoms with van der Waals surface area (Å²) >= 11 is 0. The Morgan fingerprint density at radius 2 is 1.53 bits per heavy atom. The summed E-state index contributed by atoms with van der Waals surface area (Å²) in [6.07, 6.45) is -10.5. The number of aromatic nitrogens is 1. The number of nitrogens with zero attached hydrogens (tertiary/aromatic N) is 1. The van der Waals surface area contributed by atoms with Gasteiger partial charge in [0.05, 0.1) is 11.1 Å². The molecule has 7 nitrogen and oxygen atoms in total. The normalized spacial score (nSPS) is 13.4. The van der Waals surface area contributed by atoms with E-state index in [4.69, 9.17) is 0 Å². The molecule has 2 aromatic carbocycles. The maximum atomic E-state index is 14.6. The number of anilines is 1. The third-order valence-corrected chi connectivity index (χ3v) is 6.67. The summed E-state index contributed by atoms with van der Waals surface area (Å²) in [7, 11) is 1.30. The lowest BCUT2D eigenvalue weighted by Crippen LogP contribution is -2.43. The van der Waals surface area contributed by atoms with Crippen molar-refractivity contribution in [3.63, 3.8) is 0 Å². The van der Waals surface area contributed by atoms with Crippen molar-refractivity contribution >= 4 is 17.6 Å². The van der Waals surface area contributed by atoms with Crippen LogP contribution in [0.5, 0.6) is 0 Å². The molecule has 0 bridgehead atoms. The predicted molar refractivity (Wildman–Crippen MR) is 140 cm³/mol. The summed E-state index contributed by atoms with van der Waals surface area (Å²) in [4.78, 5) is 37.1. The molecule has 0 saturated heterocycles. The predicted octanol–water partition coefficient (Wildman–Crippen LogP) is 5.84. The molecule has 1 heterocycles. The molecule has 2 atom stereocenters. The van der Waals surface area contributed by atoms with Crippen LogP contribution in [-0.4, -0.2) is 39.8 Å². The van der Waals surface area contributed by atoms with Crippen molar-refractivity contribution in [2.24, 2.45) is 7.05 Å². The minimum atomic E-state index is -4.85. The van der Waals surface area contributed by atoms with Crippen molar-refractivity contribution in [2.45, 2.75) is 51.1 Å². The smallest absolute Gasteiger partial charge is 0.417 e. The summed E-state index contributed by atoms with van der Waals surface area (Å²) < 4.78 is 110. The first kappa shape index (κ1) is 33.1. The monoisotopic (exact) mass is 619 g/mol. The van der Waals surface area contributed by atoms with Crippen LogP contribution in [0.25, 0.3) is 11.1 Å². The van der Waals surface area contributed by atoms with Crippen LogP contribution in [0, 0.1) is 18.6 Å². The van der Waals surface area contributed by atoms with Crippen molar-refractivity contribution in [2.75, 3.05) is 5.32 Å². The van der Waals surface area contributed by atoms with E-state index >= 15 is 0 Å². The summed E-state index contributed by atoms with van der Waals surface area (Å²) in [5.41, 5.74) is -4.39. The molecule has 0 aliphatic heterocycles. The third-order valence-electron chi connectivity index (χ3n) is 6.67. The van der Waals surface area contributed by atoms with Gasteiger partial charge in [-0.3, -0.25) is 9.59 Å². The number of benzene rings is 2. The second-order valence-electron chi connectivity index (χ2n) is 9.66. The highest BCUT2D eigenvalue weighted by atomic mass is 19.4. The lowest BCUT2D eigenvalue weighted by molar-refractivity contribution is -0.143. The number of carbonyl (C=O) groups excluding carboxylic acids is 1. The van der Waals surface area contributed by atoms with Gasteiger partial charge in [0, 0.05) is 24.8 Å². The van der Waals surface area contributed by atoms with Gasteiger partial charge >= 0.3 is 18.3 Å². The van der Waals surface area contributed by atoms with Crippen molar-refractivity contribution in [1.82, 2.24) is 9.88 Å². The van der Waals surface area contributed by atoms with Crippen LogP contribution in [0.2, 0.25) is 0 Å². The van der Waals surface area contributed by atoms with Crippen molar-refractivity contribution in [3.8, 4) is 11.1 Å². The maximum absolute atomic E-state index is 14.6. The van der Waals surface area contributed by atoms with Crippen LogP contribution in [0.3, 0.4) is 0 Å². The molecule has 0 aliphatic carbocycles. The molecule has 3 aromatic rings. The second-order valence-corrected chi connectivity index (χ2v) is 9.66. The number of pyridine rings is 1. The number of rotatable bonds is 9. The quantitative estimate of drug-likeness (QED) is 0.262. The van der Waals surface area contributed by atoms with Gasteiger partial charge in [-0.05, 0) is 42.7 Å². The Hall–Kier alpha value is -4.43. The zero-order valence-corrected chi connectivity index (χ0v) is 22.8. The van der Waals surface area contributed by atoms with E-state index in [1.54, 1.807) is 0 Å². The fourth-order valence-corrected chi connectivity index (χ4v) is 4.29. The Morgan fingerprint density at radius 1 is 0.977 bits per heavy atom. The molecule has 3 N–H and O–H groups in total.